The smallest absolute Gasteiger partial charge is 0.0285 e. The lowest BCUT2D eigenvalue weighted by atomic mass is 10.1. The second-order valence-electron chi connectivity index (χ2n) is 2.32. The first-order valence-electron chi connectivity index (χ1n) is 3.61. The van der Waals surface area contributed by atoms with Crippen molar-refractivity contribution in [2.24, 2.45) is 0 Å². The van der Waals surface area contributed by atoms with Gasteiger partial charge >= 0.3 is 0 Å². The number of hydrogen-bond acceptors (Lipinski definition) is 0. The van der Waals surface area contributed by atoms with Crippen LogP contribution < -0.4 is 0 Å². The Hall–Kier alpha value is -0.520. The van der Waals surface area contributed by atoms with Crippen molar-refractivity contribution in [1.82, 2.24) is 0 Å². The molecule has 0 heterocycles. The molecule has 0 atom stereocenters. The molecule has 0 N–H and O–H groups in total. The van der Waals surface area contributed by atoms with Crippen LogP contribution in [0.25, 0.3) is 0 Å². The quantitative estimate of drug-likeness (QED) is 0.389. The summed E-state index contributed by atoms with van der Waals surface area (Å²) in [4.78, 5) is 0. The molecule has 0 aliphatic heterocycles. The second-order valence-corrected chi connectivity index (χ2v) is 2.32. The van der Waals surface area contributed by atoms with Crippen molar-refractivity contribution in [2.45, 2.75) is 32.6 Å². The van der Waals surface area contributed by atoms with E-state index in [0.717, 1.165) is 6.42 Å². The van der Waals surface area contributed by atoms with E-state index in [1.165, 1.54) is 24.8 Å². The second kappa shape index (κ2) is 5.61. The van der Waals surface area contributed by atoms with E-state index in [-0.39, 0.29) is 0 Å². The fourth-order valence-corrected chi connectivity index (χ4v) is 0.704. The lowest BCUT2D eigenvalue weighted by Gasteiger charge is -1.96. The first-order chi connectivity index (χ1) is 4.31. The predicted molar refractivity (Wildman–Crippen MR) is 43.5 cm³/mol. The molecule has 0 unspecified atom stereocenters. The van der Waals surface area contributed by atoms with Crippen molar-refractivity contribution < 1.29 is 0 Å². The monoisotopic (exact) mass is 124 g/mol. The van der Waals surface area contributed by atoms with E-state index in [1.807, 2.05) is 6.08 Å². The normalized spacial score (nSPS) is 9.00. The molecule has 0 heteroatoms. The lowest BCUT2D eigenvalue weighted by Crippen LogP contribution is -1.76. The molecule has 0 aromatic rings. The Labute approximate surface area is 58.3 Å². The average molecular weight is 124 g/mol. The maximum absolute atomic E-state index is 3.83. The van der Waals surface area contributed by atoms with Gasteiger partial charge in [-0.3, -0.25) is 0 Å². The topological polar surface area (TPSA) is 0 Å². The standard InChI is InChI=1S/C9H16/c1-4-6-7-8-9(3)5-2/h5H,2-4,6-8H2,1H3. The van der Waals surface area contributed by atoms with Gasteiger partial charge in [0.05, 0.1) is 0 Å². The molecule has 52 valence electrons. The highest BCUT2D eigenvalue weighted by atomic mass is 13.9. The summed E-state index contributed by atoms with van der Waals surface area (Å²) >= 11 is 0. The van der Waals surface area contributed by atoms with Gasteiger partial charge in [-0.1, -0.05) is 44.6 Å². The summed E-state index contributed by atoms with van der Waals surface area (Å²) in [6, 6.07) is 0. The summed E-state index contributed by atoms with van der Waals surface area (Å²) in [7, 11) is 0. The highest BCUT2D eigenvalue weighted by molar-refractivity contribution is 5.10. The molecule has 0 aromatic carbocycles. The molecule has 0 spiro atoms. The summed E-state index contributed by atoms with van der Waals surface area (Å²) in [6.45, 7) is 9.67. The molecule has 0 nitrogen and oxygen atoms in total. The Balaban J connectivity index is 3.07. The van der Waals surface area contributed by atoms with Gasteiger partial charge < -0.3 is 0 Å². The van der Waals surface area contributed by atoms with Crippen LogP contribution in [0.5, 0.6) is 0 Å². The Morgan fingerprint density at radius 1 is 1.44 bits per heavy atom. The van der Waals surface area contributed by atoms with Crippen LogP contribution in [-0.2, 0) is 0 Å². The zero-order valence-corrected chi connectivity index (χ0v) is 6.32. The van der Waals surface area contributed by atoms with E-state index < -0.39 is 0 Å². The molecule has 0 amide bonds. The van der Waals surface area contributed by atoms with E-state index >= 15 is 0 Å². The van der Waals surface area contributed by atoms with Crippen LogP contribution in [0.1, 0.15) is 32.6 Å². The van der Waals surface area contributed by atoms with Crippen LogP contribution in [0, 0.1) is 0 Å². The van der Waals surface area contributed by atoms with Crippen molar-refractivity contribution in [3.63, 3.8) is 0 Å². The summed E-state index contributed by atoms with van der Waals surface area (Å²) in [6.07, 6.45) is 6.83. The van der Waals surface area contributed by atoms with Crippen molar-refractivity contribution >= 4 is 0 Å². The summed E-state index contributed by atoms with van der Waals surface area (Å²) in [5.41, 5.74) is 1.17. The summed E-state index contributed by atoms with van der Waals surface area (Å²) < 4.78 is 0. The van der Waals surface area contributed by atoms with Crippen LogP contribution in [0.2, 0.25) is 0 Å². The van der Waals surface area contributed by atoms with Crippen LogP contribution in [-0.4, -0.2) is 0 Å². The first kappa shape index (κ1) is 8.48. The van der Waals surface area contributed by atoms with Gasteiger partial charge in [-0.25, -0.2) is 0 Å². The predicted octanol–water partition coefficient (Wildman–Crippen LogP) is 3.31. The van der Waals surface area contributed by atoms with Gasteiger partial charge in [-0.15, -0.1) is 0 Å². The van der Waals surface area contributed by atoms with E-state index in [9.17, 15) is 0 Å². The van der Waals surface area contributed by atoms with Crippen molar-refractivity contribution in [2.75, 3.05) is 0 Å². The van der Waals surface area contributed by atoms with Crippen LogP contribution in [0.3, 0.4) is 0 Å². The van der Waals surface area contributed by atoms with Gasteiger partial charge in [0.25, 0.3) is 0 Å². The number of rotatable bonds is 5. The number of allylic oxidation sites excluding steroid dienone is 2. The van der Waals surface area contributed by atoms with Gasteiger partial charge in [0, 0.05) is 0 Å². The number of unbranched alkanes of at least 4 members (excludes halogenated alkanes) is 2. The zero-order chi connectivity index (χ0) is 7.11. The van der Waals surface area contributed by atoms with Gasteiger partial charge in [0.15, 0.2) is 0 Å². The molecule has 0 aliphatic carbocycles. The molecule has 0 bridgehead atoms. The summed E-state index contributed by atoms with van der Waals surface area (Å²) in [5.74, 6) is 0. The fourth-order valence-electron chi connectivity index (χ4n) is 0.704. The Bertz CT molecular complexity index is 90.2. The van der Waals surface area contributed by atoms with E-state index in [4.69, 9.17) is 0 Å². The minimum atomic E-state index is 1.12. The minimum absolute atomic E-state index is 1.12. The molecule has 0 radical (unpaired) electrons. The van der Waals surface area contributed by atoms with Gasteiger partial charge in [0.2, 0.25) is 0 Å². The Morgan fingerprint density at radius 3 is 2.56 bits per heavy atom. The molecule has 0 aromatic heterocycles. The third-order valence-electron chi connectivity index (χ3n) is 1.39. The van der Waals surface area contributed by atoms with E-state index in [0.29, 0.717) is 0 Å². The van der Waals surface area contributed by atoms with E-state index in [2.05, 4.69) is 20.1 Å². The van der Waals surface area contributed by atoms with Crippen molar-refractivity contribution in [3.05, 3.63) is 24.8 Å². The van der Waals surface area contributed by atoms with Gasteiger partial charge in [0.1, 0.15) is 0 Å². The van der Waals surface area contributed by atoms with E-state index in [1.54, 1.807) is 0 Å². The molecule has 0 saturated heterocycles. The summed E-state index contributed by atoms with van der Waals surface area (Å²) in [5, 5.41) is 0. The molecule has 9 heavy (non-hydrogen) atoms. The highest BCUT2D eigenvalue weighted by Gasteiger charge is 1.86. The minimum Gasteiger partial charge on any atom is -0.0988 e. The Kier molecular flexibility index (Phi) is 5.29. The highest BCUT2D eigenvalue weighted by Crippen LogP contribution is 2.06. The maximum Gasteiger partial charge on any atom is -0.0285 e. The van der Waals surface area contributed by atoms with Crippen LogP contribution in [0.15, 0.2) is 24.8 Å². The SMILES string of the molecule is C=CC(=C)CCCCC. The zero-order valence-electron chi connectivity index (χ0n) is 6.32. The third-order valence-corrected chi connectivity index (χ3v) is 1.39. The average Bonchev–Trinajstić information content (AvgIpc) is 1.89. The van der Waals surface area contributed by atoms with Crippen molar-refractivity contribution in [1.29, 1.82) is 0 Å². The van der Waals surface area contributed by atoms with Gasteiger partial charge in [-0.05, 0) is 12.8 Å². The third kappa shape index (κ3) is 5.35. The largest absolute Gasteiger partial charge is 0.0988 e. The fraction of sp³-hybridized carbons (Fsp3) is 0.556. The molecule has 0 rings (SSSR count). The molecular formula is C9H16. The molecular weight excluding hydrogens is 108 g/mol. The van der Waals surface area contributed by atoms with Crippen LogP contribution >= 0.6 is 0 Å². The molecule has 0 fully saturated rings. The molecule has 0 aliphatic rings. The molecule has 0 saturated carbocycles. The maximum atomic E-state index is 3.83. The van der Waals surface area contributed by atoms with Gasteiger partial charge in [-0.2, -0.15) is 0 Å². The first-order valence-corrected chi connectivity index (χ1v) is 3.61. The van der Waals surface area contributed by atoms with Crippen LogP contribution in [0.4, 0.5) is 0 Å². The lowest BCUT2D eigenvalue weighted by molar-refractivity contribution is 0.720. The Morgan fingerprint density at radius 2 is 2.11 bits per heavy atom. The number of hydrogen-bond donors (Lipinski definition) is 0. The van der Waals surface area contributed by atoms with Crippen molar-refractivity contribution in [3.8, 4) is 0 Å².